The monoisotopic (exact) mass is 333 g/mol. The fraction of sp³-hybridized carbons (Fsp3) is 0.250. The summed E-state index contributed by atoms with van der Waals surface area (Å²) in [6.45, 7) is 2.55. The average Bonchev–Trinajstić information content (AvgIpc) is 2.96. The van der Waals surface area contributed by atoms with E-state index in [2.05, 4.69) is 6.07 Å². The number of fused-ring (bicyclic) bond motifs is 1. The van der Waals surface area contributed by atoms with E-state index in [0.717, 1.165) is 27.5 Å². The van der Waals surface area contributed by atoms with Crippen LogP contribution >= 0.6 is 0 Å². The zero-order valence-electron chi connectivity index (χ0n) is 14.5. The lowest BCUT2D eigenvalue weighted by Gasteiger charge is -2.12. The smallest absolute Gasteiger partial charge is 0.310 e. The van der Waals surface area contributed by atoms with E-state index in [1.54, 1.807) is 6.92 Å². The summed E-state index contributed by atoms with van der Waals surface area (Å²) in [5.41, 5.74) is 3.60. The van der Waals surface area contributed by atoms with Crippen LogP contribution in [0.1, 0.15) is 18.1 Å². The van der Waals surface area contributed by atoms with Gasteiger partial charge in [-0.3, -0.25) is 4.79 Å². The Morgan fingerprint density at radius 1 is 1.20 bits per heavy atom. The molecule has 2 radical (unpaired) electrons. The van der Waals surface area contributed by atoms with Gasteiger partial charge in [-0.25, -0.2) is 0 Å². The maximum Gasteiger partial charge on any atom is 0.310 e. The molecule has 5 heteroatoms. The SMILES string of the molecule is [B]c1cc(COc2ccccc2CC(=O)OCC)cc2c1ccn2C. The van der Waals surface area contributed by atoms with E-state index < -0.39 is 0 Å². The second kappa shape index (κ2) is 7.47. The summed E-state index contributed by atoms with van der Waals surface area (Å²) < 4.78 is 13.0. The van der Waals surface area contributed by atoms with Gasteiger partial charge >= 0.3 is 5.97 Å². The van der Waals surface area contributed by atoms with Crippen molar-refractivity contribution in [1.29, 1.82) is 0 Å². The molecule has 1 aromatic heterocycles. The van der Waals surface area contributed by atoms with Crippen LogP contribution in [0.5, 0.6) is 5.75 Å². The van der Waals surface area contributed by atoms with Gasteiger partial charge in [-0.1, -0.05) is 29.7 Å². The lowest BCUT2D eigenvalue weighted by Crippen LogP contribution is -2.10. The maximum absolute atomic E-state index is 11.7. The van der Waals surface area contributed by atoms with Gasteiger partial charge in [0.05, 0.1) is 13.0 Å². The van der Waals surface area contributed by atoms with Gasteiger partial charge in [-0.2, -0.15) is 0 Å². The Morgan fingerprint density at radius 3 is 2.80 bits per heavy atom. The van der Waals surface area contributed by atoms with Gasteiger partial charge in [0.2, 0.25) is 0 Å². The topological polar surface area (TPSA) is 40.5 Å². The molecule has 0 saturated heterocycles. The highest BCUT2D eigenvalue weighted by Crippen LogP contribution is 2.21. The quantitative estimate of drug-likeness (QED) is 0.514. The minimum Gasteiger partial charge on any atom is -0.489 e. The third-order valence-corrected chi connectivity index (χ3v) is 4.10. The van der Waals surface area contributed by atoms with Crippen molar-refractivity contribution in [2.24, 2.45) is 7.05 Å². The molecule has 0 fully saturated rings. The van der Waals surface area contributed by atoms with Gasteiger partial charge in [-0.05, 0) is 36.1 Å². The van der Waals surface area contributed by atoms with E-state index in [4.69, 9.17) is 17.3 Å². The molecule has 0 N–H and O–H groups in total. The second-order valence-corrected chi connectivity index (χ2v) is 5.92. The zero-order chi connectivity index (χ0) is 17.8. The number of hydrogen-bond donors (Lipinski definition) is 0. The maximum atomic E-state index is 11.7. The molecule has 3 rings (SSSR count). The fourth-order valence-electron chi connectivity index (χ4n) is 2.86. The number of carbonyl (C=O) groups excluding carboxylic acids is 1. The van der Waals surface area contributed by atoms with Gasteiger partial charge in [0.1, 0.15) is 20.2 Å². The highest BCUT2D eigenvalue weighted by Gasteiger charge is 2.10. The third-order valence-electron chi connectivity index (χ3n) is 4.10. The van der Waals surface area contributed by atoms with Gasteiger partial charge in [0, 0.05) is 24.3 Å². The first kappa shape index (κ1) is 17.1. The predicted molar refractivity (Wildman–Crippen MR) is 99.4 cm³/mol. The highest BCUT2D eigenvalue weighted by molar-refractivity contribution is 6.38. The van der Waals surface area contributed by atoms with Crippen LogP contribution < -0.4 is 10.2 Å². The molecular weight excluding hydrogens is 313 g/mol. The summed E-state index contributed by atoms with van der Waals surface area (Å²) >= 11 is 0. The molecule has 4 nitrogen and oxygen atoms in total. The molecule has 0 aliphatic rings. The molecule has 0 saturated carbocycles. The Bertz CT molecular complexity index is 901. The van der Waals surface area contributed by atoms with Crippen LogP contribution in [0.25, 0.3) is 10.9 Å². The Labute approximate surface area is 148 Å². The van der Waals surface area contributed by atoms with E-state index >= 15 is 0 Å². The summed E-state index contributed by atoms with van der Waals surface area (Å²) in [7, 11) is 8.13. The van der Waals surface area contributed by atoms with Crippen molar-refractivity contribution in [3.8, 4) is 5.75 Å². The van der Waals surface area contributed by atoms with Crippen LogP contribution in [0.3, 0.4) is 0 Å². The van der Waals surface area contributed by atoms with Crippen LogP contribution in [-0.2, 0) is 29.6 Å². The molecule has 0 atom stereocenters. The van der Waals surface area contributed by atoms with Crippen molar-refractivity contribution < 1.29 is 14.3 Å². The van der Waals surface area contributed by atoms with Crippen LogP contribution in [0.15, 0.2) is 48.7 Å². The third kappa shape index (κ3) is 3.87. The first-order chi connectivity index (χ1) is 12.1. The van der Waals surface area contributed by atoms with Gasteiger partial charge in [0.15, 0.2) is 0 Å². The van der Waals surface area contributed by atoms with Gasteiger partial charge < -0.3 is 14.0 Å². The summed E-state index contributed by atoms with van der Waals surface area (Å²) in [5.74, 6) is 0.425. The number of esters is 1. The van der Waals surface area contributed by atoms with E-state index in [0.29, 0.717) is 19.0 Å². The molecule has 3 aromatic rings. The molecule has 0 amide bonds. The molecule has 2 aromatic carbocycles. The Kier molecular flexibility index (Phi) is 5.12. The van der Waals surface area contributed by atoms with E-state index in [1.807, 2.05) is 54.2 Å². The largest absolute Gasteiger partial charge is 0.489 e. The number of aromatic nitrogens is 1. The lowest BCUT2D eigenvalue weighted by atomic mass is 9.90. The Balaban J connectivity index is 1.78. The lowest BCUT2D eigenvalue weighted by molar-refractivity contribution is -0.142. The molecule has 0 bridgehead atoms. The van der Waals surface area contributed by atoms with Crippen LogP contribution in [0.4, 0.5) is 0 Å². The van der Waals surface area contributed by atoms with Crippen molar-refractivity contribution in [3.63, 3.8) is 0 Å². The van der Waals surface area contributed by atoms with Crippen LogP contribution in [0, 0.1) is 0 Å². The summed E-state index contributed by atoms with van der Waals surface area (Å²) in [4.78, 5) is 11.7. The molecule has 126 valence electrons. The van der Waals surface area contributed by atoms with E-state index in [9.17, 15) is 4.79 Å². The highest BCUT2D eigenvalue weighted by atomic mass is 16.5. The first-order valence-corrected chi connectivity index (χ1v) is 8.28. The normalized spacial score (nSPS) is 10.8. The average molecular weight is 333 g/mol. The predicted octanol–water partition coefficient (Wildman–Crippen LogP) is 2.66. The molecule has 0 aliphatic heterocycles. The molecule has 25 heavy (non-hydrogen) atoms. The second-order valence-electron chi connectivity index (χ2n) is 5.92. The number of ether oxygens (including phenoxy) is 2. The van der Waals surface area contributed by atoms with E-state index in [1.165, 1.54) is 0 Å². The number of para-hydroxylation sites is 1. The molecular formula is C20H20BNO3. The van der Waals surface area contributed by atoms with Gasteiger partial charge in [-0.15, -0.1) is 0 Å². The van der Waals surface area contributed by atoms with Crippen LogP contribution in [-0.4, -0.2) is 25.0 Å². The van der Waals surface area contributed by atoms with Crippen LogP contribution in [0.2, 0.25) is 0 Å². The summed E-state index contributed by atoms with van der Waals surface area (Å²) in [6, 6.07) is 13.5. The number of aryl methyl sites for hydroxylation is 1. The summed E-state index contributed by atoms with van der Waals surface area (Å²) in [5, 5.41) is 1.04. The van der Waals surface area contributed by atoms with Crippen molar-refractivity contribution in [1.82, 2.24) is 4.57 Å². The first-order valence-electron chi connectivity index (χ1n) is 8.28. The van der Waals surface area contributed by atoms with E-state index in [-0.39, 0.29) is 12.4 Å². The van der Waals surface area contributed by atoms with Crippen molar-refractivity contribution in [2.45, 2.75) is 20.0 Å². The Hall–Kier alpha value is -2.69. The molecule has 1 heterocycles. The number of rotatable bonds is 6. The molecule has 0 unspecified atom stereocenters. The number of hydrogen-bond acceptors (Lipinski definition) is 3. The summed E-state index contributed by atoms with van der Waals surface area (Å²) in [6.07, 6.45) is 2.18. The molecule has 0 spiro atoms. The zero-order valence-corrected chi connectivity index (χ0v) is 14.5. The van der Waals surface area contributed by atoms with Crippen molar-refractivity contribution in [3.05, 3.63) is 59.8 Å². The minimum atomic E-state index is -0.256. The number of carbonyl (C=O) groups is 1. The van der Waals surface area contributed by atoms with Crippen molar-refractivity contribution in [2.75, 3.05) is 6.61 Å². The minimum absolute atomic E-state index is 0.197. The fourth-order valence-corrected chi connectivity index (χ4v) is 2.86. The number of benzene rings is 2. The van der Waals surface area contributed by atoms with Crippen molar-refractivity contribution >= 4 is 30.2 Å². The number of nitrogens with zero attached hydrogens (tertiary/aromatic N) is 1. The van der Waals surface area contributed by atoms with Gasteiger partial charge in [0.25, 0.3) is 0 Å². The molecule has 0 aliphatic carbocycles. The Morgan fingerprint density at radius 2 is 2.00 bits per heavy atom. The standard InChI is InChI=1S/C20H20BNO3/c1-3-24-20(23)12-15-6-4-5-7-19(15)25-13-14-10-17(21)16-8-9-22(2)18(16)11-14/h4-11H,3,12-13H2,1-2H3.